The van der Waals surface area contributed by atoms with E-state index in [0.29, 0.717) is 17.9 Å². The summed E-state index contributed by atoms with van der Waals surface area (Å²) in [5.41, 5.74) is 1.52. The molecular weight excluding hydrogens is 440 g/mol. The molecule has 2 rings (SSSR count). The summed E-state index contributed by atoms with van der Waals surface area (Å²) in [6.07, 6.45) is 12.4. The van der Waals surface area contributed by atoms with Crippen LogP contribution in [0.1, 0.15) is 94.0 Å². The van der Waals surface area contributed by atoms with E-state index in [-0.39, 0.29) is 5.82 Å². The number of thiol groups is 1. The maximum atomic E-state index is 12.5. The molecule has 0 aliphatic heterocycles. The van der Waals surface area contributed by atoms with Crippen molar-refractivity contribution in [3.8, 4) is 5.75 Å². The average molecular weight is 477 g/mol. The topological polar surface area (TPSA) is 107 Å². The molecule has 0 aliphatic carbocycles. The molecule has 8 nitrogen and oxygen atoms in total. The number of aromatic nitrogens is 4. The van der Waals surface area contributed by atoms with Crippen LogP contribution in [0.5, 0.6) is 5.75 Å². The third-order valence-corrected chi connectivity index (χ3v) is 5.84. The van der Waals surface area contributed by atoms with Crippen molar-refractivity contribution >= 4 is 23.7 Å². The van der Waals surface area contributed by atoms with Gasteiger partial charge in [0, 0.05) is 5.56 Å². The molecule has 1 unspecified atom stereocenters. The molecule has 0 spiro atoms. The Kier molecular flexibility index (Phi) is 11.9. The van der Waals surface area contributed by atoms with Gasteiger partial charge in [-0.15, -0.1) is 17.7 Å². The van der Waals surface area contributed by atoms with E-state index in [1.807, 2.05) is 25.1 Å². The maximum absolute atomic E-state index is 12.5. The molecule has 1 atom stereocenters. The predicted octanol–water partition coefficient (Wildman–Crippen LogP) is 4.95. The summed E-state index contributed by atoms with van der Waals surface area (Å²) in [6, 6.07) is 5.58. The number of rotatable bonds is 17. The summed E-state index contributed by atoms with van der Waals surface area (Å²) in [5.74, 6) is -1.33. The zero-order valence-electron chi connectivity index (χ0n) is 19.7. The van der Waals surface area contributed by atoms with E-state index in [4.69, 9.17) is 9.84 Å². The molecule has 2 aromatic rings. The number of tetrazole rings is 1. The van der Waals surface area contributed by atoms with Gasteiger partial charge < -0.3 is 9.84 Å². The van der Waals surface area contributed by atoms with Crippen LogP contribution >= 0.6 is 12.6 Å². The minimum Gasteiger partial charge on any atom is -0.493 e. The number of ether oxygens (including phenoxy) is 1. The van der Waals surface area contributed by atoms with Crippen molar-refractivity contribution in [3.63, 3.8) is 0 Å². The first kappa shape index (κ1) is 26.8. The highest BCUT2D eigenvalue weighted by atomic mass is 32.1. The minimum absolute atomic E-state index is 0.131. The number of carboxylic acids is 1. The van der Waals surface area contributed by atoms with Crippen LogP contribution < -0.4 is 4.74 Å². The van der Waals surface area contributed by atoms with Crippen LogP contribution in [0.15, 0.2) is 18.2 Å². The van der Waals surface area contributed by atoms with Crippen molar-refractivity contribution in [1.82, 2.24) is 20.2 Å². The molecule has 9 heteroatoms. The molecule has 182 valence electrons. The lowest BCUT2D eigenvalue weighted by molar-refractivity contribution is -0.138. The Hall–Kier alpha value is -2.42. The molecule has 0 fully saturated rings. The van der Waals surface area contributed by atoms with Gasteiger partial charge in [-0.2, -0.15) is 0 Å². The molecule has 0 saturated heterocycles. The van der Waals surface area contributed by atoms with Gasteiger partial charge in [0.2, 0.25) is 5.12 Å². The highest BCUT2D eigenvalue weighted by Crippen LogP contribution is 2.33. The van der Waals surface area contributed by atoms with Crippen LogP contribution in [-0.2, 0) is 16.1 Å². The number of carboxylic acid groups (broad SMARTS) is 1. The molecule has 1 aromatic carbocycles. The van der Waals surface area contributed by atoms with E-state index in [1.54, 1.807) is 0 Å². The van der Waals surface area contributed by atoms with E-state index >= 15 is 0 Å². The van der Waals surface area contributed by atoms with Crippen LogP contribution in [0.2, 0.25) is 0 Å². The second kappa shape index (κ2) is 14.7. The summed E-state index contributed by atoms with van der Waals surface area (Å²) in [7, 11) is 0. The van der Waals surface area contributed by atoms with Gasteiger partial charge in [0.25, 0.3) is 0 Å². The van der Waals surface area contributed by atoms with Crippen molar-refractivity contribution in [2.45, 2.75) is 90.5 Å². The highest BCUT2D eigenvalue weighted by Gasteiger charge is 2.30. The molecule has 1 heterocycles. The molecule has 0 amide bonds. The van der Waals surface area contributed by atoms with E-state index in [2.05, 4.69) is 35.1 Å². The van der Waals surface area contributed by atoms with Gasteiger partial charge in [0.15, 0.2) is 5.82 Å². The van der Waals surface area contributed by atoms with E-state index < -0.39 is 23.5 Å². The Labute approximate surface area is 201 Å². The zero-order chi connectivity index (χ0) is 24.1. The monoisotopic (exact) mass is 476 g/mol. The van der Waals surface area contributed by atoms with Gasteiger partial charge in [-0.05, 0) is 29.8 Å². The number of aryl methyl sites for hydroxylation is 1. The Balaban J connectivity index is 1.94. The molecule has 0 aliphatic rings. The summed E-state index contributed by atoms with van der Waals surface area (Å²) < 4.78 is 7.14. The second-order valence-electron chi connectivity index (χ2n) is 8.43. The highest BCUT2D eigenvalue weighted by molar-refractivity contribution is 7.96. The molecule has 1 N–H and O–H groups in total. The van der Waals surface area contributed by atoms with Crippen molar-refractivity contribution < 1.29 is 19.4 Å². The lowest BCUT2D eigenvalue weighted by Gasteiger charge is -2.18. The smallest absolute Gasteiger partial charge is 0.325 e. The first-order valence-corrected chi connectivity index (χ1v) is 12.3. The Morgan fingerprint density at radius 1 is 1.06 bits per heavy atom. The Morgan fingerprint density at radius 2 is 1.70 bits per heavy atom. The van der Waals surface area contributed by atoms with Crippen molar-refractivity contribution in [1.29, 1.82) is 0 Å². The van der Waals surface area contributed by atoms with Crippen LogP contribution in [0, 0.1) is 6.92 Å². The lowest BCUT2D eigenvalue weighted by atomic mass is 9.96. The third-order valence-electron chi connectivity index (χ3n) is 5.58. The normalized spacial score (nSPS) is 12.0. The van der Waals surface area contributed by atoms with Crippen molar-refractivity contribution in [2.75, 3.05) is 6.61 Å². The third kappa shape index (κ3) is 9.15. The van der Waals surface area contributed by atoms with Gasteiger partial charge in [-0.25, -0.2) is 4.68 Å². The number of carbonyl (C=O) groups is 2. The number of hydrogen-bond donors (Lipinski definition) is 2. The lowest BCUT2D eigenvalue weighted by Crippen LogP contribution is -2.20. The number of aliphatic carboxylic acids is 1. The van der Waals surface area contributed by atoms with E-state index in [0.717, 1.165) is 23.1 Å². The summed E-state index contributed by atoms with van der Waals surface area (Å²) in [4.78, 5) is 23.6. The number of carbonyl (C=O) groups excluding carboxylic acids is 1. The van der Waals surface area contributed by atoms with Crippen LogP contribution in [0.4, 0.5) is 0 Å². The van der Waals surface area contributed by atoms with Crippen molar-refractivity contribution in [2.24, 2.45) is 0 Å². The number of benzene rings is 1. The van der Waals surface area contributed by atoms with Crippen LogP contribution in [0.25, 0.3) is 0 Å². The SMILES string of the molecule is CCCCCCCCCCCCOc1ccc(C)cc1C(C(=O)S)c1nnnn1CC(=O)O. The first-order valence-electron chi connectivity index (χ1n) is 11.9. The average Bonchev–Trinajstić information content (AvgIpc) is 3.20. The summed E-state index contributed by atoms with van der Waals surface area (Å²) in [5, 5.41) is 19.8. The summed E-state index contributed by atoms with van der Waals surface area (Å²) >= 11 is 4.04. The minimum atomic E-state index is -1.10. The Bertz CT molecular complexity index is 887. The number of unbranched alkanes of at least 4 members (excludes halogenated alkanes) is 9. The number of nitrogens with zero attached hydrogens (tertiary/aromatic N) is 4. The molecular formula is C24H36N4O4S. The van der Waals surface area contributed by atoms with Gasteiger partial charge in [-0.1, -0.05) is 82.4 Å². The molecule has 1 aromatic heterocycles. The van der Waals surface area contributed by atoms with Gasteiger partial charge >= 0.3 is 5.97 Å². The van der Waals surface area contributed by atoms with Crippen molar-refractivity contribution in [3.05, 3.63) is 35.2 Å². The zero-order valence-corrected chi connectivity index (χ0v) is 20.6. The van der Waals surface area contributed by atoms with Crippen LogP contribution in [0.3, 0.4) is 0 Å². The Morgan fingerprint density at radius 3 is 2.30 bits per heavy atom. The fourth-order valence-corrected chi connectivity index (χ4v) is 4.09. The first-order chi connectivity index (χ1) is 15.9. The van der Waals surface area contributed by atoms with Gasteiger partial charge in [-0.3, -0.25) is 9.59 Å². The van der Waals surface area contributed by atoms with E-state index in [1.165, 1.54) is 51.4 Å². The summed E-state index contributed by atoms with van der Waals surface area (Å²) in [6.45, 7) is 4.25. The van der Waals surface area contributed by atoms with Crippen LogP contribution in [-0.4, -0.2) is 43.0 Å². The molecule has 0 radical (unpaired) electrons. The molecule has 0 saturated carbocycles. The van der Waals surface area contributed by atoms with Gasteiger partial charge in [0.05, 0.1) is 6.61 Å². The maximum Gasteiger partial charge on any atom is 0.325 e. The largest absolute Gasteiger partial charge is 0.493 e. The fourth-order valence-electron chi connectivity index (χ4n) is 3.84. The van der Waals surface area contributed by atoms with Gasteiger partial charge in [0.1, 0.15) is 18.2 Å². The van der Waals surface area contributed by atoms with E-state index in [9.17, 15) is 9.59 Å². The fraction of sp³-hybridized carbons (Fsp3) is 0.625. The standard InChI is InChI=1S/C24H36N4O4S/c1-3-4-5-6-7-8-9-10-11-12-15-32-20-14-13-18(2)16-19(20)22(24(31)33)23-25-26-27-28(23)17-21(29)30/h13-14,16,22H,3-12,15,17H2,1-2H3,(H,29,30)(H,31,33). The number of hydrogen-bond acceptors (Lipinski definition) is 6. The predicted molar refractivity (Wildman–Crippen MR) is 130 cm³/mol. The quantitative estimate of drug-likeness (QED) is 0.246. The molecule has 0 bridgehead atoms. The molecule has 33 heavy (non-hydrogen) atoms. The second-order valence-corrected chi connectivity index (χ2v) is 8.87.